The van der Waals surface area contributed by atoms with Gasteiger partial charge in [0.25, 0.3) is 5.89 Å². The summed E-state index contributed by atoms with van der Waals surface area (Å²) in [6.07, 6.45) is 3.99. The first-order chi connectivity index (χ1) is 16.8. The highest BCUT2D eigenvalue weighted by atomic mass is 32.2. The second-order valence-corrected chi connectivity index (χ2v) is 11.5. The highest BCUT2D eigenvalue weighted by molar-refractivity contribution is 7.92. The molecule has 0 amide bonds. The van der Waals surface area contributed by atoms with E-state index in [2.05, 4.69) is 32.6 Å². The minimum absolute atomic E-state index is 0.285. The Hall–Kier alpha value is -3.43. The molecule has 9 heteroatoms. The molecule has 1 fully saturated rings. The number of sulfone groups is 1. The summed E-state index contributed by atoms with van der Waals surface area (Å²) in [4.78, 5) is 9.44. The summed E-state index contributed by atoms with van der Waals surface area (Å²) in [7, 11) is -3.34. The average molecular weight is 490 g/mol. The first-order valence-corrected chi connectivity index (χ1v) is 13.2. The van der Waals surface area contributed by atoms with Crippen molar-refractivity contribution < 1.29 is 12.8 Å². The maximum absolute atomic E-state index is 12.4. The molecule has 0 saturated carbocycles. The van der Waals surface area contributed by atoms with Crippen molar-refractivity contribution in [2.45, 2.75) is 49.8 Å². The maximum atomic E-state index is 12.4. The van der Waals surface area contributed by atoms with Crippen LogP contribution in [0.4, 0.5) is 0 Å². The minimum Gasteiger partial charge on any atom is -0.415 e. The Balaban J connectivity index is 1.41. The van der Waals surface area contributed by atoms with E-state index < -0.39 is 15.1 Å². The lowest BCUT2D eigenvalue weighted by Gasteiger charge is -2.10. The number of benzene rings is 2. The summed E-state index contributed by atoms with van der Waals surface area (Å²) in [5.74, 6) is 0.702. The van der Waals surface area contributed by atoms with E-state index in [1.54, 1.807) is 44.3 Å². The molecular weight excluding hydrogens is 462 g/mol. The van der Waals surface area contributed by atoms with E-state index in [0.717, 1.165) is 24.1 Å². The van der Waals surface area contributed by atoms with E-state index in [4.69, 9.17) is 9.40 Å². The molecule has 0 spiro atoms. The molecule has 0 bridgehead atoms. The summed E-state index contributed by atoms with van der Waals surface area (Å²) in [6.45, 7) is 6.22. The van der Waals surface area contributed by atoms with Crippen LogP contribution in [0.1, 0.15) is 44.0 Å². The van der Waals surface area contributed by atoms with E-state index in [-0.39, 0.29) is 10.8 Å². The van der Waals surface area contributed by atoms with E-state index in [9.17, 15) is 8.42 Å². The molecule has 180 valence electrons. The lowest BCUT2D eigenvalue weighted by Crippen LogP contribution is -2.13. The fourth-order valence-corrected chi connectivity index (χ4v) is 5.20. The standard InChI is InChI=1S/C26H27N5O3S/c1-16(2)35(32,33)21-12-10-19(11-13-21)23-15-28-17(3)24(29-23)26-31-30-25(34-26)20-8-6-18(7-9-20)22-5-4-14-27-22/h6-13,15-16,22,27H,4-5,14H2,1-3H3. The number of nitrogens with one attached hydrogen (secondary N) is 1. The lowest BCUT2D eigenvalue weighted by atomic mass is 10.0. The highest BCUT2D eigenvalue weighted by Crippen LogP contribution is 2.29. The Morgan fingerprint density at radius 2 is 1.66 bits per heavy atom. The summed E-state index contributed by atoms with van der Waals surface area (Å²) >= 11 is 0. The van der Waals surface area contributed by atoms with Gasteiger partial charge >= 0.3 is 0 Å². The van der Waals surface area contributed by atoms with Gasteiger partial charge in [0.1, 0.15) is 5.69 Å². The van der Waals surface area contributed by atoms with Gasteiger partial charge < -0.3 is 9.73 Å². The van der Waals surface area contributed by atoms with Crippen LogP contribution >= 0.6 is 0 Å². The Bertz CT molecular complexity index is 1440. The van der Waals surface area contributed by atoms with E-state index >= 15 is 0 Å². The van der Waals surface area contributed by atoms with Gasteiger partial charge in [0.05, 0.1) is 27.7 Å². The molecule has 5 rings (SSSR count). The molecule has 1 unspecified atom stereocenters. The van der Waals surface area contributed by atoms with Crippen LogP contribution in [0.15, 0.2) is 64.0 Å². The van der Waals surface area contributed by atoms with Gasteiger partial charge in [-0.2, -0.15) is 0 Å². The molecule has 8 nitrogen and oxygen atoms in total. The van der Waals surface area contributed by atoms with Gasteiger partial charge in [-0.15, -0.1) is 10.2 Å². The average Bonchev–Trinajstić information content (AvgIpc) is 3.57. The van der Waals surface area contributed by atoms with Crippen LogP contribution in [0.3, 0.4) is 0 Å². The molecular formula is C26H27N5O3S. The number of rotatable bonds is 6. The molecule has 4 aromatic rings. The normalized spacial score (nSPS) is 16.2. The molecule has 35 heavy (non-hydrogen) atoms. The number of aromatic nitrogens is 4. The molecule has 0 radical (unpaired) electrons. The zero-order valence-electron chi connectivity index (χ0n) is 19.9. The van der Waals surface area contributed by atoms with Gasteiger partial charge in [-0.05, 0) is 70.0 Å². The van der Waals surface area contributed by atoms with Crippen molar-refractivity contribution in [2.24, 2.45) is 0 Å². The number of aryl methyl sites for hydroxylation is 1. The van der Waals surface area contributed by atoms with E-state index in [1.807, 2.05) is 19.1 Å². The smallest absolute Gasteiger partial charge is 0.268 e. The maximum Gasteiger partial charge on any atom is 0.268 e. The largest absolute Gasteiger partial charge is 0.415 e. The monoisotopic (exact) mass is 489 g/mol. The van der Waals surface area contributed by atoms with Crippen LogP contribution in [0.5, 0.6) is 0 Å². The third-order valence-electron chi connectivity index (χ3n) is 6.30. The highest BCUT2D eigenvalue weighted by Gasteiger charge is 2.20. The van der Waals surface area contributed by atoms with Crippen LogP contribution in [-0.2, 0) is 9.84 Å². The predicted octanol–water partition coefficient (Wildman–Crippen LogP) is 4.78. The Morgan fingerprint density at radius 3 is 2.31 bits per heavy atom. The van der Waals surface area contributed by atoms with Crippen molar-refractivity contribution in [3.8, 4) is 34.3 Å². The molecule has 0 aliphatic carbocycles. The van der Waals surface area contributed by atoms with Gasteiger partial charge in [-0.25, -0.2) is 13.4 Å². The van der Waals surface area contributed by atoms with Gasteiger partial charge in [0.2, 0.25) is 5.89 Å². The number of hydrogen-bond acceptors (Lipinski definition) is 8. The van der Waals surface area contributed by atoms with Crippen molar-refractivity contribution in [3.63, 3.8) is 0 Å². The molecule has 2 aromatic heterocycles. The summed E-state index contributed by atoms with van der Waals surface area (Å²) in [5, 5.41) is 11.5. The topological polar surface area (TPSA) is 111 Å². The third-order valence-corrected chi connectivity index (χ3v) is 8.47. The van der Waals surface area contributed by atoms with Crippen LogP contribution in [0.25, 0.3) is 34.3 Å². The SMILES string of the molecule is Cc1ncc(-c2ccc(S(=O)(=O)C(C)C)cc2)nc1-c1nnc(-c2ccc(C3CCCN3)cc2)o1. The van der Waals surface area contributed by atoms with E-state index in [1.165, 1.54) is 12.0 Å². The Labute approximate surface area is 204 Å². The lowest BCUT2D eigenvalue weighted by molar-refractivity contribution is 0.581. The molecule has 2 aromatic carbocycles. The van der Waals surface area contributed by atoms with Crippen LogP contribution in [-0.4, -0.2) is 40.4 Å². The molecule has 1 N–H and O–H groups in total. The molecule has 1 aliphatic heterocycles. The number of hydrogen-bond donors (Lipinski definition) is 1. The summed E-state index contributed by atoms with van der Waals surface area (Å²) in [6, 6.07) is 15.2. The third kappa shape index (κ3) is 4.61. The van der Waals surface area contributed by atoms with Crippen molar-refractivity contribution in [2.75, 3.05) is 6.54 Å². The second kappa shape index (κ2) is 9.31. The number of nitrogens with zero attached hydrogens (tertiary/aromatic N) is 4. The zero-order valence-corrected chi connectivity index (χ0v) is 20.7. The zero-order chi connectivity index (χ0) is 24.6. The quantitative estimate of drug-likeness (QED) is 0.412. The first-order valence-electron chi connectivity index (χ1n) is 11.7. The Kier molecular flexibility index (Phi) is 6.21. The van der Waals surface area contributed by atoms with Gasteiger partial charge in [-0.3, -0.25) is 4.98 Å². The first kappa shape index (κ1) is 23.3. The van der Waals surface area contributed by atoms with Gasteiger partial charge in [0.15, 0.2) is 9.84 Å². The minimum atomic E-state index is -3.34. The molecule has 3 heterocycles. The van der Waals surface area contributed by atoms with Crippen molar-refractivity contribution in [1.82, 2.24) is 25.5 Å². The fraction of sp³-hybridized carbons (Fsp3) is 0.308. The fourth-order valence-electron chi connectivity index (χ4n) is 4.14. The van der Waals surface area contributed by atoms with Crippen LogP contribution < -0.4 is 5.32 Å². The summed E-state index contributed by atoms with van der Waals surface area (Å²) in [5.41, 5.74) is 4.59. The van der Waals surface area contributed by atoms with Crippen LogP contribution in [0.2, 0.25) is 0 Å². The van der Waals surface area contributed by atoms with Crippen LogP contribution in [0, 0.1) is 6.92 Å². The molecule has 1 atom stereocenters. The molecule has 1 saturated heterocycles. The van der Waals surface area contributed by atoms with Crippen molar-refractivity contribution in [3.05, 3.63) is 66.0 Å². The van der Waals surface area contributed by atoms with Gasteiger partial charge in [0, 0.05) is 17.2 Å². The Morgan fingerprint density at radius 1 is 0.971 bits per heavy atom. The predicted molar refractivity (Wildman–Crippen MR) is 133 cm³/mol. The van der Waals surface area contributed by atoms with E-state index in [0.29, 0.717) is 29.0 Å². The van der Waals surface area contributed by atoms with Crippen molar-refractivity contribution >= 4 is 9.84 Å². The van der Waals surface area contributed by atoms with Gasteiger partial charge in [-0.1, -0.05) is 24.3 Å². The summed E-state index contributed by atoms with van der Waals surface area (Å²) < 4.78 is 30.8. The molecule has 1 aliphatic rings. The second-order valence-electron chi connectivity index (χ2n) is 8.99. The van der Waals surface area contributed by atoms with Crippen molar-refractivity contribution in [1.29, 1.82) is 0 Å².